The first-order valence-electron chi connectivity index (χ1n) is 7.83. The number of amides is 2. The molecule has 25 heavy (non-hydrogen) atoms. The van der Waals surface area contributed by atoms with Gasteiger partial charge >= 0.3 is 11.9 Å². The van der Waals surface area contributed by atoms with Crippen molar-refractivity contribution in [3.63, 3.8) is 0 Å². The largest absolute Gasteiger partial charge is 0.480 e. The Hall–Kier alpha value is -2.90. The number of anilines is 1. The van der Waals surface area contributed by atoms with Gasteiger partial charge in [0.1, 0.15) is 6.04 Å². The van der Waals surface area contributed by atoms with Crippen LogP contribution in [0.3, 0.4) is 0 Å². The SMILES string of the molecule is CCOC(=O)[C@H](C)C[C@@H](NC(=O)c1ccccc1NC(C)=O)C(=O)O. The van der Waals surface area contributed by atoms with Crippen LogP contribution in [-0.2, 0) is 19.1 Å². The molecule has 0 saturated carbocycles. The monoisotopic (exact) mass is 350 g/mol. The Labute approximate surface area is 145 Å². The van der Waals surface area contributed by atoms with Crippen LogP contribution in [0, 0.1) is 5.92 Å². The van der Waals surface area contributed by atoms with Crippen molar-refractivity contribution in [2.75, 3.05) is 11.9 Å². The van der Waals surface area contributed by atoms with E-state index in [1.54, 1.807) is 19.1 Å². The number of aliphatic carboxylic acids is 1. The third-order valence-electron chi connectivity index (χ3n) is 3.36. The van der Waals surface area contributed by atoms with Crippen LogP contribution in [0.1, 0.15) is 37.6 Å². The van der Waals surface area contributed by atoms with Gasteiger partial charge in [0.05, 0.1) is 23.8 Å². The number of hydrogen-bond acceptors (Lipinski definition) is 5. The molecule has 0 aliphatic carbocycles. The number of esters is 1. The molecule has 0 aromatic heterocycles. The van der Waals surface area contributed by atoms with E-state index in [2.05, 4.69) is 10.6 Å². The average Bonchev–Trinajstić information content (AvgIpc) is 2.54. The van der Waals surface area contributed by atoms with Crippen molar-refractivity contribution in [2.45, 2.75) is 33.2 Å². The molecule has 0 saturated heterocycles. The summed E-state index contributed by atoms with van der Waals surface area (Å²) in [5.74, 6) is -3.49. The number of ether oxygens (including phenoxy) is 1. The Kier molecular flexibility index (Phi) is 7.58. The first-order chi connectivity index (χ1) is 11.8. The maximum atomic E-state index is 12.4. The lowest BCUT2D eigenvalue weighted by Gasteiger charge is -2.19. The highest BCUT2D eigenvalue weighted by atomic mass is 16.5. The maximum Gasteiger partial charge on any atom is 0.326 e. The number of benzene rings is 1. The van der Waals surface area contributed by atoms with Gasteiger partial charge in [-0.2, -0.15) is 0 Å². The van der Waals surface area contributed by atoms with Gasteiger partial charge < -0.3 is 20.5 Å². The first kappa shape index (κ1) is 20.1. The molecule has 0 aliphatic rings. The molecule has 2 atom stereocenters. The Morgan fingerprint density at radius 2 is 1.84 bits per heavy atom. The molecule has 1 rings (SSSR count). The summed E-state index contributed by atoms with van der Waals surface area (Å²) in [7, 11) is 0. The minimum absolute atomic E-state index is 0.109. The van der Waals surface area contributed by atoms with Crippen LogP contribution in [0.5, 0.6) is 0 Å². The van der Waals surface area contributed by atoms with Crippen LogP contribution in [0.25, 0.3) is 0 Å². The second-order valence-corrected chi connectivity index (χ2v) is 5.48. The van der Waals surface area contributed by atoms with Crippen molar-refractivity contribution >= 4 is 29.4 Å². The molecule has 8 nitrogen and oxygen atoms in total. The number of carbonyl (C=O) groups excluding carboxylic acids is 3. The van der Waals surface area contributed by atoms with Crippen LogP contribution >= 0.6 is 0 Å². The van der Waals surface area contributed by atoms with Crippen LogP contribution in [-0.4, -0.2) is 41.5 Å². The van der Waals surface area contributed by atoms with E-state index >= 15 is 0 Å². The molecular weight excluding hydrogens is 328 g/mol. The van der Waals surface area contributed by atoms with Crippen molar-refractivity contribution in [3.05, 3.63) is 29.8 Å². The van der Waals surface area contributed by atoms with Gasteiger partial charge in [-0.3, -0.25) is 14.4 Å². The van der Waals surface area contributed by atoms with Gasteiger partial charge in [0, 0.05) is 6.92 Å². The Balaban J connectivity index is 2.89. The summed E-state index contributed by atoms with van der Waals surface area (Å²) in [6.45, 7) is 4.68. The zero-order valence-electron chi connectivity index (χ0n) is 14.4. The number of para-hydroxylation sites is 1. The van der Waals surface area contributed by atoms with Gasteiger partial charge in [0.25, 0.3) is 5.91 Å². The lowest BCUT2D eigenvalue weighted by molar-refractivity contribution is -0.148. The van der Waals surface area contributed by atoms with E-state index in [1.165, 1.54) is 26.0 Å². The second-order valence-electron chi connectivity index (χ2n) is 5.48. The fourth-order valence-electron chi connectivity index (χ4n) is 2.17. The highest BCUT2D eigenvalue weighted by molar-refractivity contribution is 6.04. The number of rotatable bonds is 8. The average molecular weight is 350 g/mol. The standard InChI is InChI=1S/C17H22N2O6/c1-4-25-17(24)10(2)9-14(16(22)23)19-15(21)12-7-5-6-8-13(12)18-11(3)20/h5-8,10,14H,4,9H2,1-3H3,(H,18,20)(H,19,21)(H,22,23)/t10-,14-/m1/s1. The molecule has 2 amide bonds. The lowest BCUT2D eigenvalue weighted by atomic mass is 10.0. The van der Waals surface area contributed by atoms with Gasteiger partial charge in [0.15, 0.2) is 0 Å². The second kappa shape index (κ2) is 9.41. The summed E-state index contributed by atoms with van der Waals surface area (Å²) in [5, 5.41) is 14.2. The molecule has 1 aromatic carbocycles. The van der Waals surface area contributed by atoms with E-state index in [0.717, 1.165) is 0 Å². The number of hydrogen-bond donors (Lipinski definition) is 3. The summed E-state index contributed by atoms with van der Waals surface area (Å²) >= 11 is 0. The van der Waals surface area contributed by atoms with Crippen molar-refractivity contribution in [2.24, 2.45) is 5.92 Å². The van der Waals surface area contributed by atoms with Crippen LogP contribution in [0.2, 0.25) is 0 Å². The van der Waals surface area contributed by atoms with Crippen LogP contribution in [0.4, 0.5) is 5.69 Å². The quantitative estimate of drug-likeness (QED) is 0.610. The van der Waals surface area contributed by atoms with Crippen molar-refractivity contribution in [1.29, 1.82) is 0 Å². The van der Waals surface area contributed by atoms with Gasteiger partial charge in [0.2, 0.25) is 5.91 Å². The maximum absolute atomic E-state index is 12.4. The predicted molar refractivity (Wildman–Crippen MR) is 90.0 cm³/mol. The molecule has 1 aromatic rings. The van der Waals surface area contributed by atoms with Crippen LogP contribution < -0.4 is 10.6 Å². The number of carboxylic acids is 1. The molecule has 0 bridgehead atoms. The van der Waals surface area contributed by atoms with Gasteiger partial charge in [-0.15, -0.1) is 0 Å². The minimum Gasteiger partial charge on any atom is -0.480 e. The van der Waals surface area contributed by atoms with Gasteiger partial charge in [-0.25, -0.2) is 4.79 Å². The van der Waals surface area contributed by atoms with Crippen molar-refractivity contribution < 1.29 is 29.0 Å². The Bertz CT molecular complexity index is 658. The summed E-state index contributed by atoms with van der Waals surface area (Å²) in [5.41, 5.74) is 0.405. The van der Waals surface area contributed by atoms with E-state index in [4.69, 9.17) is 4.74 Å². The normalized spacial score (nSPS) is 12.6. The lowest BCUT2D eigenvalue weighted by Crippen LogP contribution is -2.43. The molecule has 0 aliphatic heterocycles. The summed E-state index contributed by atoms with van der Waals surface area (Å²) in [6.07, 6.45) is -0.109. The van der Waals surface area contributed by atoms with Gasteiger partial charge in [-0.05, 0) is 25.5 Å². The van der Waals surface area contributed by atoms with Crippen molar-refractivity contribution in [3.8, 4) is 0 Å². The minimum atomic E-state index is -1.27. The third kappa shape index (κ3) is 6.25. The fraction of sp³-hybridized carbons (Fsp3) is 0.412. The highest BCUT2D eigenvalue weighted by Crippen LogP contribution is 2.16. The van der Waals surface area contributed by atoms with Gasteiger partial charge in [-0.1, -0.05) is 19.1 Å². The number of carbonyl (C=O) groups is 4. The van der Waals surface area contributed by atoms with Crippen LogP contribution in [0.15, 0.2) is 24.3 Å². The molecule has 0 radical (unpaired) electrons. The Morgan fingerprint density at radius 1 is 1.20 bits per heavy atom. The fourth-order valence-corrected chi connectivity index (χ4v) is 2.17. The summed E-state index contributed by atoms with van der Waals surface area (Å²) in [4.78, 5) is 46.7. The van der Waals surface area contributed by atoms with Crippen molar-refractivity contribution in [1.82, 2.24) is 5.32 Å². The molecule has 0 spiro atoms. The van der Waals surface area contributed by atoms with E-state index < -0.39 is 29.8 Å². The molecule has 0 fully saturated rings. The topological polar surface area (TPSA) is 122 Å². The highest BCUT2D eigenvalue weighted by Gasteiger charge is 2.27. The zero-order valence-corrected chi connectivity index (χ0v) is 14.4. The molecule has 0 unspecified atom stereocenters. The third-order valence-corrected chi connectivity index (χ3v) is 3.36. The van der Waals surface area contributed by atoms with E-state index in [9.17, 15) is 24.3 Å². The molecule has 136 valence electrons. The number of nitrogens with one attached hydrogen (secondary N) is 2. The zero-order chi connectivity index (χ0) is 19.0. The Morgan fingerprint density at radius 3 is 2.40 bits per heavy atom. The number of carboxylic acid groups (broad SMARTS) is 1. The van der Waals surface area contributed by atoms with E-state index in [1.807, 2.05) is 0 Å². The molecule has 0 heterocycles. The molecule has 3 N–H and O–H groups in total. The predicted octanol–water partition coefficient (Wildman–Crippen LogP) is 1.42. The summed E-state index contributed by atoms with van der Waals surface area (Å²) < 4.78 is 4.84. The molecular formula is C17H22N2O6. The smallest absolute Gasteiger partial charge is 0.326 e. The van der Waals surface area contributed by atoms with E-state index in [-0.39, 0.29) is 30.2 Å². The first-order valence-corrected chi connectivity index (χ1v) is 7.83. The molecule has 8 heteroatoms. The van der Waals surface area contributed by atoms with E-state index in [0.29, 0.717) is 0 Å². The summed E-state index contributed by atoms with van der Waals surface area (Å²) in [6, 6.07) is 4.97.